The fourth-order valence-corrected chi connectivity index (χ4v) is 2.20. The van der Waals surface area contributed by atoms with Gasteiger partial charge in [-0.1, -0.05) is 12.7 Å². The maximum absolute atomic E-state index is 12.1. The van der Waals surface area contributed by atoms with Gasteiger partial charge in [-0.15, -0.1) is 0 Å². The van der Waals surface area contributed by atoms with Gasteiger partial charge in [0.25, 0.3) is 0 Å². The van der Waals surface area contributed by atoms with E-state index in [0.29, 0.717) is 0 Å². The van der Waals surface area contributed by atoms with Crippen molar-refractivity contribution in [2.75, 3.05) is 6.61 Å². The lowest BCUT2D eigenvalue weighted by atomic mass is 9.98. The van der Waals surface area contributed by atoms with E-state index in [1.165, 1.54) is 6.08 Å². The first-order chi connectivity index (χ1) is 11.7. The van der Waals surface area contributed by atoms with Gasteiger partial charge in [0, 0.05) is 20.8 Å². The van der Waals surface area contributed by atoms with Gasteiger partial charge in [-0.3, -0.25) is 14.4 Å². The molecule has 10 nitrogen and oxygen atoms in total. The van der Waals surface area contributed by atoms with Crippen molar-refractivity contribution in [3.63, 3.8) is 0 Å². The van der Waals surface area contributed by atoms with Crippen LogP contribution in [-0.4, -0.2) is 66.3 Å². The van der Waals surface area contributed by atoms with Gasteiger partial charge in [0.05, 0.1) is 0 Å². The van der Waals surface area contributed by atoms with Crippen LogP contribution in [0.1, 0.15) is 20.8 Å². The number of hydrogen-bond acceptors (Lipinski definition) is 10. The Morgan fingerprint density at radius 1 is 0.960 bits per heavy atom. The third kappa shape index (κ3) is 5.84. The monoisotopic (exact) mass is 360 g/mol. The highest BCUT2D eigenvalue weighted by Crippen LogP contribution is 2.28. The minimum atomic E-state index is -1.82. The molecule has 5 atom stereocenters. The third-order valence-corrected chi connectivity index (χ3v) is 2.99. The van der Waals surface area contributed by atoms with Crippen LogP contribution in [0, 0.1) is 0 Å². The molecule has 1 aliphatic heterocycles. The molecule has 0 aromatic heterocycles. The first-order valence-electron chi connectivity index (χ1n) is 7.30. The van der Waals surface area contributed by atoms with Gasteiger partial charge in [-0.05, 0) is 0 Å². The van der Waals surface area contributed by atoms with Crippen molar-refractivity contribution >= 4 is 23.9 Å². The minimum absolute atomic E-state index is 0.160. The highest BCUT2D eigenvalue weighted by molar-refractivity contribution is 5.77. The van der Waals surface area contributed by atoms with Crippen molar-refractivity contribution in [3.05, 3.63) is 12.7 Å². The molecule has 140 valence electrons. The van der Waals surface area contributed by atoms with E-state index in [1.807, 2.05) is 0 Å². The Balaban J connectivity index is 3.19. The van der Waals surface area contributed by atoms with E-state index in [0.717, 1.165) is 20.8 Å². The molecule has 0 aromatic rings. The van der Waals surface area contributed by atoms with Crippen molar-refractivity contribution in [1.82, 2.24) is 0 Å². The summed E-state index contributed by atoms with van der Waals surface area (Å²) >= 11 is 0. The van der Waals surface area contributed by atoms with E-state index in [-0.39, 0.29) is 6.61 Å². The molecule has 1 heterocycles. The van der Waals surface area contributed by atoms with Crippen LogP contribution in [-0.2, 0) is 42.9 Å². The van der Waals surface area contributed by atoms with Crippen molar-refractivity contribution in [1.29, 1.82) is 0 Å². The standard InChI is InChI=1S/C15H20O10/c1-5-6-21-14(19)12-10(22-7(2)16)11(23-8(3)17)13(15(20)25-12)24-9(4)18/h5,10-13,15,20H,1,6H2,2-4H3. The van der Waals surface area contributed by atoms with Gasteiger partial charge in [0.1, 0.15) is 6.61 Å². The molecule has 0 aromatic carbocycles. The lowest BCUT2D eigenvalue weighted by Crippen LogP contribution is -2.63. The number of carbonyl (C=O) groups is 4. The Labute approximate surface area is 143 Å². The van der Waals surface area contributed by atoms with Gasteiger partial charge < -0.3 is 28.8 Å². The molecular weight excluding hydrogens is 340 g/mol. The van der Waals surface area contributed by atoms with Gasteiger partial charge in [0.2, 0.25) is 0 Å². The summed E-state index contributed by atoms with van der Waals surface area (Å²) in [7, 11) is 0. The lowest BCUT2D eigenvalue weighted by Gasteiger charge is -2.41. The van der Waals surface area contributed by atoms with Crippen molar-refractivity contribution in [3.8, 4) is 0 Å². The second kappa shape index (κ2) is 9.14. The second-order valence-corrected chi connectivity index (χ2v) is 5.09. The van der Waals surface area contributed by atoms with Crippen LogP contribution in [0.2, 0.25) is 0 Å². The summed E-state index contributed by atoms with van der Waals surface area (Å²) in [6, 6.07) is 0. The van der Waals surface area contributed by atoms with Crippen LogP contribution in [0.5, 0.6) is 0 Å². The summed E-state index contributed by atoms with van der Waals surface area (Å²) in [5.41, 5.74) is 0. The molecule has 0 radical (unpaired) electrons. The lowest BCUT2D eigenvalue weighted by molar-refractivity contribution is -0.290. The highest BCUT2D eigenvalue weighted by Gasteiger charge is 2.54. The summed E-state index contributed by atoms with van der Waals surface area (Å²) < 4.78 is 24.8. The summed E-state index contributed by atoms with van der Waals surface area (Å²) in [5, 5.41) is 10.0. The number of carbonyl (C=O) groups excluding carboxylic acids is 4. The Morgan fingerprint density at radius 2 is 1.44 bits per heavy atom. The average molecular weight is 360 g/mol. The molecule has 1 aliphatic rings. The zero-order valence-electron chi connectivity index (χ0n) is 14.0. The van der Waals surface area contributed by atoms with Gasteiger partial charge in [-0.25, -0.2) is 4.79 Å². The number of rotatable bonds is 6. The first kappa shape index (κ1) is 20.6. The second-order valence-electron chi connectivity index (χ2n) is 5.09. The quantitative estimate of drug-likeness (QED) is 0.365. The molecule has 0 amide bonds. The highest BCUT2D eigenvalue weighted by atomic mass is 16.7. The Morgan fingerprint density at radius 3 is 1.92 bits per heavy atom. The van der Waals surface area contributed by atoms with Crippen LogP contribution in [0.4, 0.5) is 0 Å². The molecule has 0 saturated carbocycles. The van der Waals surface area contributed by atoms with E-state index >= 15 is 0 Å². The maximum atomic E-state index is 12.1. The van der Waals surface area contributed by atoms with Gasteiger partial charge in [0.15, 0.2) is 30.7 Å². The van der Waals surface area contributed by atoms with Crippen molar-refractivity contribution in [2.45, 2.75) is 51.5 Å². The Hall–Kier alpha value is -2.46. The fourth-order valence-electron chi connectivity index (χ4n) is 2.20. The SMILES string of the molecule is C=CCOC(=O)C1OC(O)C(OC(C)=O)C(OC(C)=O)C1OC(C)=O. The zero-order valence-corrected chi connectivity index (χ0v) is 14.0. The molecular formula is C15H20O10. The topological polar surface area (TPSA) is 135 Å². The molecule has 1 rings (SSSR count). The summed E-state index contributed by atoms with van der Waals surface area (Å²) in [4.78, 5) is 46.1. The van der Waals surface area contributed by atoms with E-state index < -0.39 is 54.6 Å². The smallest absolute Gasteiger partial charge is 0.339 e. The molecule has 0 bridgehead atoms. The van der Waals surface area contributed by atoms with Crippen molar-refractivity contribution < 1.29 is 48.0 Å². The normalized spacial score (nSPS) is 28.4. The first-order valence-corrected chi connectivity index (χ1v) is 7.30. The molecule has 0 aliphatic carbocycles. The predicted molar refractivity (Wildman–Crippen MR) is 78.7 cm³/mol. The predicted octanol–water partition coefficient (Wildman–Crippen LogP) is -0.772. The molecule has 1 N–H and O–H groups in total. The molecule has 0 spiro atoms. The molecule has 10 heteroatoms. The molecule has 5 unspecified atom stereocenters. The number of aliphatic hydroxyl groups excluding tert-OH is 1. The van der Waals surface area contributed by atoms with E-state index in [1.54, 1.807) is 0 Å². The summed E-state index contributed by atoms with van der Waals surface area (Å²) in [5.74, 6) is -3.42. The largest absolute Gasteiger partial charge is 0.459 e. The Kier molecular flexibility index (Phi) is 7.52. The van der Waals surface area contributed by atoms with Crippen LogP contribution in [0.3, 0.4) is 0 Å². The van der Waals surface area contributed by atoms with Crippen LogP contribution < -0.4 is 0 Å². The summed E-state index contributed by atoms with van der Waals surface area (Å²) in [6.45, 7) is 6.39. The number of ether oxygens (including phenoxy) is 5. The molecule has 1 saturated heterocycles. The Bertz CT molecular complexity index is 542. The van der Waals surface area contributed by atoms with Crippen LogP contribution in [0.25, 0.3) is 0 Å². The summed E-state index contributed by atoms with van der Waals surface area (Å²) in [6.07, 6.45) is -6.60. The average Bonchev–Trinajstić information content (AvgIpc) is 2.49. The van der Waals surface area contributed by atoms with Crippen LogP contribution in [0.15, 0.2) is 12.7 Å². The van der Waals surface area contributed by atoms with E-state index in [2.05, 4.69) is 6.58 Å². The molecule has 25 heavy (non-hydrogen) atoms. The zero-order chi connectivity index (χ0) is 19.1. The van der Waals surface area contributed by atoms with Crippen LogP contribution >= 0.6 is 0 Å². The van der Waals surface area contributed by atoms with Gasteiger partial charge >= 0.3 is 23.9 Å². The number of esters is 4. The fraction of sp³-hybridized carbons (Fsp3) is 0.600. The van der Waals surface area contributed by atoms with E-state index in [4.69, 9.17) is 23.7 Å². The minimum Gasteiger partial charge on any atom is -0.459 e. The molecule has 1 fully saturated rings. The third-order valence-electron chi connectivity index (χ3n) is 2.99. The van der Waals surface area contributed by atoms with Gasteiger partial charge in [-0.2, -0.15) is 0 Å². The number of aliphatic hydroxyl groups is 1. The van der Waals surface area contributed by atoms with E-state index in [9.17, 15) is 24.3 Å². The number of hydrogen-bond donors (Lipinski definition) is 1. The maximum Gasteiger partial charge on any atom is 0.339 e. The van der Waals surface area contributed by atoms with Crippen molar-refractivity contribution in [2.24, 2.45) is 0 Å².